The van der Waals surface area contributed by atoms with E-state index in [1.165, 1.54) is 11.2 Å². The zero-order valence-corrected chi connectivity index (χ0v) is 14.6. The molecule has 0 unspecified atom stereocenters. The summed E-state index contributed by atoms with van der Waals surface area (Å²) in [6.07, 6.45) is 4.88. The van der Waals surface area contributed by atoms with Gasteiger partial charge < -0.3 is 13.6 Å². The number of carbonyl (C=O) groups is 3. The number of likely N-dealkylation sites (tertiary alicyclic amines) is 1. The van der Waals surface area contributed by atoms with Crippen molar-refractivity contribution in [1.29, 1.82) is 0 Å². The van der Waals surface area contributed by atoms with E-state index in [0.29, 0.717) is 5.76 Å². The highest BCUT2D eigenvalue weighted by Crippen LogP contribution is 2.37. The summed E-state index contributed by atoms with van der Waals surface area (Å²) in [6.45, 7) is -0.134. The number of hydrogen-bond acceptors (Lipinski definition) is 8. The Balaban J connectivity index is 1.26. The van der Waals surface area contributed by atoms with Crippen LogP contribution in [0, 0.1) is 11.8 Å². The Labute approximate surface area is 154 Å². The molecule has 1 aliphatic heterocycles. The number of esters is 1. The first-order valence-electron chi connectivity index (χ1n) is 9.00. The molecule has 27 heavy (non-hydrogen) atoms. The molecule has 142 valence electrons. The van der Waals surface area contributed by atoms with Gasteiger partial charge in [-0.05, 0) is 25.0 Å². The van der Waals surface area contributed by atoms with Gasteiger partial charge in [-0.25, -0.2) is 0 Å². The number of ether oxygens (including phenoxy) is 1. The summed E-state index contributed by atoms with van der Waals surface area (Å²) < 4.78 is 15.6. The van der Waals surface area contributed by atoms with Crippen LogP contribution in [0.2, 0.25) is 0 Å². The van der Waals surface area contributed by atoms with Crippen molar-refractivity contribution < 1.29 is 28.0 Å². The molecule has 9 heteroatoms. The summed E-state index contributed by atoms with van der Waals surface area (Å²) in [6, 6.07) is 3.36. The van der Waals surface area contributed by atoms with Gasteiger partial charge in [-0.15, -0.1) is 10.2 Å². The second-order valence-electron chi connectivity index (χ2n) is 6.71. The lowest BCUT2D eigenvalue weighted by atomic mass is 9.81. The molecule has 1 saturated carbocycles. The molecule has 0 N–H and O–H groups in total. The lowest BCUT2D eigenvalue weighted by Crippen LogP contribution is -2.33. The highest BCUT2D eigenvalue weighted by Gasteiger charge is 2.47. The van der Waals surface area contributed by atoms with Crippen LogP contribution in [0.4, 0.5) is 0 Å². The summed E-state index contributed by atoms with van der Waals surface area (Å²) in [5.41, 5.74) is 0. The standard InChI is InChI=1S/C18H19N3O6/c22-15(26-10-14-19-20-16(27-14)13-6-3-9-25-13)7-8-21-17(23)11-4-1-2-5-12(11)18(21)24/h3,6,9,11-12H,1-2,4-5,7-8,10H2/t11-,12+. The maximum atomic E-state index is 12.4. The third kappa shape index (κ3) is 3.49. The summed E-state index contributed by atoms with van der Waals surface area (Å²) in [5.74, 6) is -0.511. The van der Waals surface area contributed by atoms with E-state index in [9.17, 15) is 14.4 Å². The van der Waals surface area contributed by atoms with Crippen LogP contribution in [0.5, 0.6) is 0 Å². The Morgan fingerprint density at radius 1 is 1.19 bits per heavy atom. The lowest BCUT2D eigenvalue weighted by Gasteiger charge is -2.19. The number of hydrogen-bond donors (Lipinski definition) is 0. The highest BCUT2D eigenvalue weighted by molar-refractivity contribution is 6.05. The molecule has 9 nitrogen and oxygen atoms in total. The molecule has 1 saturated heterocycles. The summed E-state index contributed by atoms with van der Waals surface area (Å²) in [5, 5.41) is 7.59. The SMILES string of the molecule is O=C(CCN1C(=O)[C@H]2CCCC[C@H]2C1=O)OCc1nnc(-c2ccco2)o1. The largest absolute Gasteiger partial charge is 0.459 e. The highest BCUT2D eigenvalue weighted by atomic mass is 16.5. The van der Waals surface area contributed by atoms with E-state index in [4.69, 9.17) is 13.6 Å². The number of aromatic nitrogens is 2. The van der Waals surface area contributed by atoms with Crippen LogP contribution in [0.1, 0.15) is 38.0 Å². The number of rotatable bonds is 6. The zero-order valence-electron chi connectivity index (χ0n) is 14.6. The van der Waals surface area contributed by atoms with Crippen molar-refractivity contribution in [3.8, 4) is 11.7 Å². The van der Waals surface area contributed by atoms with Crippen LogP contribution in [-0.2, 0) is 25.7 Å². The number of furan rings is 1. The first-order chi connectivity index (χ1) is 13.1. The summed E-state index contributed by atoms with van der Waals surface area (Å²) in [4.78, 5) is 37.9. The first-order valence-corrected chi connectivity index (χ1v) is 9.00. The molecular formula is C18H19N3O6. The van der Waals surface area contributed by atoms with Crippen LogP contribution < -0.4 is 0 Å². The number of fused-ring (bicyclic) bond motifs is 1. The maximum absolute atomic E-state index is 12.4. The van der Waals surface area contributed by atoms with Gasteiger partial charge in [0.05, 0.1) is 24.5 Å². The van der Waals surface area contributed by atoms with Crippen molar-refractivity contribution in [3.63, 3.8) is 0 Å². The van der Waals surface area contributed by atoms with Crippen molar-refractivity contribution in [2.75, 3.05) is 6.54 Å². The van der Waals surface area contributed by atoms with E-state index in [1.54, 1.807) is 12.1 Å². The Kier molecular flexibility index (Phi) is 4.74. The van der Waals surface area contributed by atoms with Gasteiger partial charge in [-0.2, -0.15) is 0 Å². The van der Waals surface area contributed by atoms with Gasteiger partial charge in [-0.1, -0.05) is 12.8 Å². The van der Waals surface area contributed by atoms with Gasteiger partial charge in [0.25, 0.3) is 11.8 Å². The molecule has 2 amide bonds. The van der Waals surface area contributed by atoms with Crippen LogP contribution in [0.3, 0.4) is 0 Å². The van der Waals surface area contributed by atoms with Gasteiger partial charge in [0.2, 0.25) is 11.8 Å². The van der Waals surface area contributed by atoms with Crippen molar-refractivity contribution in [3.05, 3.63) is 24.3 Å². The van der Waals surface area contributed by atoms with Gasteiger partial charge in [-0.3, -0.25) is 19.3 Å². The molecule has 4 rings (SSSR count). The smallest absolute Gasteiger partial charge is 0.308 e. The van der Waals surface area contributed by atoms with Crippen molar-refractivity contribution in [1.82, 2.24) is 15.1 Å². The van der Waals surface area contributed by atoms with E-state index < -0.39 is 5.97 Å². The summed E-state index contributed by atoms with van der Waals surface area (Å²) >= 11 is 0. The van der Waals surface area contributed by atoms with Crippen LogP contribution in [-0.4, -0.2) is 39.4 Å². The van der Waals surface area contributed by atoms with E-state index in [2.05, 4.69) is 10.2 Å². The molecule has 2 aromatic heterocycles. The predicted octanol–water partition coefficient (Wildman–Crippen LogP) is 1.94. The van der Waals surface area contributed by atoms with E-state index in [-0.39, 0.29) is 55.0 Å². The Bertz CT molecular complexity index is 819. The molecule has 1 aliphatic carbocycles. The fourth-order valence-electron chi connectivity index (χ4n) is 3.68. The Morgan fingerprint density at radius 3 is 2.59 bits per heavy atom. The third-order valence-electron chi connectivity index (χ3n) is 5.03. The fraction of sp³-hybridized carbons (Fsp3) is 0.500. The van der Waals surface area contributed by atoms with Gasteiger partial charge in [0, 0.05) is 6.54 Å². The van der Waals surface area contributed by atoms with Gasteiger partial charge in [0.1, 0.15) is 0 Å². The molecular weight excluding hydrogens is 354 g/mol. The van der Waals surface area contributed by atoms with E-state index in [0.717, 1.165) is 25.7 Å². The van der Waals surface area contributed by atoms with E-state index >= 15 is 0 Å². The Hall–Kier alpha value is -2.97. The molecule has 2 atom stereocenters. The molecule has 2 aromatic rings. The second kappa shape index (κ2) is 7.34. The van der Waals surface area contributed by atoms with Crippen molar-refractivity contribution >= 4 is 17.8 Å². The van der Waals surface area contributed by atoms with Crippen molar-refractivity contribution in [2.24, 2.45) is 11.8 Å². The Morgan fingerprint density at radius 2 is 1.93 bits per heavy atom. The molecule has 0 aromatic carbocycles. The first kappa shape index (κ1) is 17.4. The maximum Gasteiger partial charge on any atom is 0.308 e. The summed E-state index contributed by atoms with van der Waals surface area (Å²) in [7, 11) is 0. The normalized spacial score (nSPS) is 22.1. The zero-order chi connectivity index (χ0) is 18.8. The van der Waals surface area contributed by atoms with E-state index in [1.807, 2.05) is 0 Å². The molecule has 0 radical (unpaired) electrons. The van der Waals surface area contributed by atoms with Crippen LogP contribution >= 0.6 is 0 Å². The molecule has 2 fully saturated rings. The monoisotopic (exact) mass is 373 g/mol. The third-order valence-corrected chi connectivity index (χ3v) is 5.03. The fourth-order valence-corrected chi connectivity index (χ4v) is 3.68. The lowest BCUT2D eigenvalue weighted by molar-refractivity contribution is -0.147. The van der Waals surface area contributed by atoms with Gasteiger partial charge >= 0.3 is 5.97 Å². The topological polar surface area (TPSA) is 116 Å². The minimum absolute atomic E-state index is 0.0466. The second-order valence-corrected chi connectivity index (χ2v) is 6.71. The van der Waals surface area contributed by atoms with Crippen molar-refractivity contribution in [2.45, 2.75) is 38.7 Å². The van der Waals surface area contributed by atoms with Gasteiger partial charge in [0.15, 0.2) is 12.4 Å². The quantitative estimate of drug-likeness (QED) is 0.557. The molecule has 0 spiro atoms. The molecule has 2 aliphatic rings. The molecule has 3 heterocycles. The average molecular weight is 373 g/mol. The van der Waals surface area contributed by atoms with Crippen LogP contribution in [0.15, 0.2) is 27.2 Å². The average Bonchev–Trinajstić information content (AvgIpc) is 3.41. The molecule has 0 bridgehead atoms. The minimum Gasteiger partial charge on any atom is -0.459 e. The minimum atomic E-state index is -0.539. The number of nitrogens with zero attached hydrogens (tertiary/aromatic N) is 3. The number of amides is 2. The van der Waals surface area contributed by atoms with Crippen LogP contribution in [0.25, 0.3) is 11.7 Å². The number of imide groups is 1. The number of carbonyl (C=O) groups excluding carboxylic acids is 3. The predicted molar refractivity (Wildman–Crippen MR) is 88.6 cm³/mol.